The van der Waals surface area contributed by atoms with E-state index in [1.54, 1.807) is 0 Å². The highest BCUT2D eigenvalue weighted by Gasteiger charge is 2.33. The normalized spacial score (nSPS) is 19.8. The van der Waals surface area contributed by atoms with Crippen molar-refractivity contribution in [2.45, 2.75) is 12.8 Å². The first kappa shape index (κ1) is 21.5. The molecule has 1 atom stereocenters. The van der Waals surface area contributed by atoms with E-state index in [9.17, 15) is 14.4 Å². The number of para-hydroxylation sites is 1. The minimum Gasteiger partial charge on any atom is -0.340 e. The Morgan fingerprint density at radius 1 is 0.935 bits per heavy atom. The minimum absolute atomic E-state index is 0.0294. The van der Waals surface area contributed by atoms with Crippen LogP contribution in [0.15, 0.2) is 47.8 Å². The molecule has 2 aliphatic heterocycles. The largest absolute Gasteiger partial charge is 0.340 e. The van der Waals surface area contributed by atoms with Crippen molar-refractivity contribution in [3.05, 3.63) is 52.7 Å². The van der Waals surface area contributed by atoms with Crippen LogP contribution in [-0.4, -0.2) is 78.2 Å². The molecule has 0 bridgehead atoms. The van der Waals surface area contributed by atoms with Crippen molar-refractivity contribution in [1.29, 1.82) is 0 Å². The first-order valence-electron chi connectivity index (χ1n) is 10.8. The van der Waals surface area contributed by atoms with Gasteiger partial charge < -0.3 is 15.1 Å². The molecule has 2 saturated heterocycles. The van der Waals surface area contributed by atoms with Gasteiger partial charge in [0.25, 0.3) is 5.91 Å². The Morgan fingerprint density at radius 2 is 1.71 bits per heavy atom. The van der Waals surface area contributed by atoms with Crippen LogP contribution in [0.5, 0.6) is 0 Å². The van der Waals surface area contributed by atoms with Crippen LogP contribution >= 0.6 is 11.3 Å². The predicted molar refractivity (Wildman–Crippen MR) is 121 cm³/mol. The van der Waals surface area contributed by atoms with E-state index in [1.165, 1.54) is 11.3 Å². The molecule has 0 aliphatic carbocycles. The first-order valence-corrected chi connectivity index (χ1v) is 11.7. The zero-order chi connectivity index (χ0) is 21.6. The number of rotatable bonds is 5. The maximum absolute atomic E-state index is 13.1. The second kappa shape index (κ2) is 10.1. The van der Waals surface area contributed by atoms with Gasteiger partial charge in [-0.25, -0.2) is 0 Å². The number of benzene rings is 1. The van der Waals surface area contributed by atoms with Crippen molar-refractivity contribution in [2.24, 2.45) is 5.92 Å². The third kappa shape index (κ3) is 5.51. The van der Waals surface area contributed by atoms with Crippen molar-refractivity contribution >= 4 is 34.7 Å². The van der Waals surface area contributed by atoms with Gasteiger partial charge in [-0.15, -0.1) is 11.3 Å². The van der Waals surface area contributed by atoms with Gasteiger partial charge in [0.15, 0.2) is 0 Å². The van der Waals surface area contributed by atoms with Gasteiger partial charge in [-0.05, 0) is 36.4 Å². The number of carbonyl (C=O) groups excluding carboxylic acids is 3. The number of nitrogens with one attached hydrogen (secondary N) is 1. The number of piperidine rings is 1. The molecule has 4 rings (SSSR count). The Hall–Kier alpha value is -2.71. The fourth-order valence-electron chi connectivity index (χ4n) is 4.23. The molecule has 164 valence electrons. The average molecular weight is 441 g/mol. The van der Waals surface area contributed by atoms with Gasteiger partial charge in [0.1, 0.15) is 0 Å². The number of amides is 3. The average Bonchev–Trinajstić information content (AvgIpc) is 3.34. The highest BCUT2D eigenvalue weighted by Crippen LogP contribution is 2.22. The summed E-state index contributed by atoms with van der Waals surface area (Å²) < 4.78 is 0. The lowest BCUT2D eigenvalue weighted by molar-refractivity contribution is -0.138. The lowest BCUT2D eigenvalue weighted by atomic mass is 9.96. The van der Waals surface area contributed by atoms with Crippen molar-refractivity contribution in [1.82, 2.24) is 14.7 Å². The molecule has 1 aromatic heterocycles. The van der Waals surface area contributed by atoms with Crippen molar-refractivity contribution in [3.63, 3.8) is 0 Å². The van der Waals surface area contributed by atoms with Gasteiger partial charge in [0, 0.05) is 45.0 Å². The van der Waals surface area contributed by atoms with Gasteiger partial charge in [-0.1, -0.05) is 24.3 Å². The van der Waals surface area contributed by atoms with E-state index in [4.69, 9.17) is 0 Å². The maximum atomic E-state index is 13.1. The predicted octanol–water partition coefficient (Wildman–Crippen LogP) is 2.38. The van der Waals surface area contributed by atoms with Gasteiger partial charge in [-0.2, -0.15) is 0 Å². The van der Waals surface area contributed by atoms with Gasteiger partial charge in [0.2, 0.25) is 11.8 Å². The quantitative estimate of drug-likeness (QED) is 0.775. The number of piperazine rings is 1. The molecule has 3 amide bonds. The Morgan fingerprint density at radius 3 is 2.42 bits per heavy atom. The summed E-state index contributed by atoms with van der Waals surface area (Å²) in [6.07, 6.45) is 1.68. The molecule has 2 aliphatic rings. The smallest absolute Gasteiger partial charge is 0.263 e. The fraction of sp³-hybridized carbons (Fsp3) is 0.435. The highest BCUT2D eigenvalue weighted by atomic mass is 32.1. The van der Waals surface area contributed by atoms with Crippen molar-refractivity contribution in [3.8, 4) is 0 Å². The Balaban J connectivity index is 1.24. The fourth-order valence-corrected chi connectivity index (χ4v) is 4.92. The number of nitrogens with zero attached hydrogens (tertiary/aromatic N) is 3. The Kier molecular flexibility index (Phi) is 6.99. The molecular formula is C23H28N4O3S. The summed E-state index contributed by atoms with van der Waals surface area (Å²) in [4.78, 5) is 44.5. The number of thiophene rings is 1. The standard InChI is InChI=1S/C23H28N4O3S/c28-21(24-19-7-2-1-3-8-19)17-25-11-13-26(14-12-25)22(29)18-6-4-10-27(16-18)23(30)20-9-5-15-31-20/h1-3,5,7-9,15,18H,4,6,10-14,16-17H2,(H,24,28). The van der Waals surface area contributed by atoms with Crippen molar-refractivity contribution in [2.75, 3.05) is 51.1 Å². The molecule has 31 heavy (non-hydrogen) atoms. The van der Waals surface area contributed by atoms with E-state index < -0.39 is 0 Å². The van der Waals surface area contributed by atoms with Crippen LogP contribution in [0.2, 0.25) is 0 Å². The number of carbonyl (C=O) groups is 3. The summed E-state index contributed by atoms with van der Waals surface area (Å²) >= 11 is 1.44. The Bertz CT molecular complexity index is 895. The third-order valence-corrected chi connectivity index (χ3v) is 6.76. The third-order valence-electron chi connectivity index (χ3n) is 5.90. The van der Waals surface area contributed by atoms with Crippen LogP contribution < -0.4 is 5.32 Å². The SMILES string of the molecule is O=C(CN1CCN(C(=O)C2CCCN(C(=O)c3cccs3)C2)CC1)Nc1ccccc1. The Labute approximate surface area is 186 Å². The number of likely N-dealkylation sites (tertiary alicyclic amines) is 1. The topological polar surface area (TPSA) is 73.0 Å². The molecule has 0 spiro atoms. The zero-order valence-corrected chi connectivity index (χ0v) is 18.4. The number of anilines is 1. The molecule has 1 N–H and O–H groups in total. The summed E-state index contributed by atoms with van der Waals surface area (Å²) in [5, 5.41) is 4.81. The van der Waals surface area contributed by atoms with E-state index in [1.807, 2.05) is 57.6 Å². The zero-order valence-electron chi connectivity index (χ0n) is 17.5. The minimum atomic E-state index is -0.134. The van der Waals surface area contributed by atoms with E-state index >= 15 is 0 Å². The van der Waals surface area contributed by atoms with E-state index in [0.29, 0.717) is 45.8 Å². The second-order valence-corrected chi connectivity index (χ2v) is 9.03. The van der Waals surface area contributed by atoms with Gasteiger partial charge in [-0.3, -0.25) is 19.3 Å². The summed E-state index contributed by atoms with van der Waals surface area (Å²) in [6.45, 7) is 4.13. The molecule has 3 heterocycles. The van der Waals surface area contributed by atoms with Gasteiger partial charge >= 0.3 is 0 Å². The van der Waals surface area contributed by atoms with Crippen LogP contribution in [0, 0.1) is 5.92 Å². The molecule has 1 unspecified atom stereocenters. The molecule has 8 heteroatoms. The lowest BCUT2D eigenvalue weighted by Crippen LogP contribution is -2.53. The summed E-state index contributed by atoms with van der Waals surface area (Å²) in [5.74, 6) is -0.00889. The van der Waals surface area contributed by atoms with Crippen LogP contribution in [-0.2, 0) is 9.59 Å². The van der Waals surface area contributed by atoms with Gasteiger partial charge in [0.05, 0.1) is 17.3 Å². The van der Waals surface area contributed by atoms with Crippen LogP contribution in [0.25, 0.3) is 0 Å². The second-order valence-electron chi connectivity index (χ2n) is 8.08. The number of hydrogen-bond donors (Lipinski definition) is 1. The summed E-state index contributed by atoms with van der Waals surface area (Å²) in [6, 6.07) is 13.1. The molecule has 0 radical (unpaired) electrons. The molecular weight excluding hydrogens is 412 g/mol. The summed E-state index contributed by atoms with van der Waals surface area (Å²) in [7, 11) is 0. The van der Waals surface area contributed by atoms with Crippen LogP contribution in [0.3, 0.4) is 0 Å². The molecule has 7 nitrogen and oxygen atoms in total. The number of hydrogen-bond acceptors (Lipinski definition) is 5. The van der Waals surface area contributed by atoms with Crippen LogP contribution in [0.4, 0.5) is 5.69 Å². The molecule has 2 aromatic rings. The highest BCUT2D eigenvalue weighted by molar-refractivity contribution is 7.12. The lowest BCUT2D eigenvalue weighted by Gasteiger charge is -2.38. The van der Waals surface area contributed by atoms with E-state index in [2.05, 4.69) is 10.2 Å². The first-order chi connectivity index (χ1) is 15.1. The monoisotopic (exact) mass is 440 g/mol. The van der Waals surface area contributed by atoms with Crippen LogP contribution in [0.1, 0.15) is 22.5 Å². The molecule has 2 fully saturated rings. The van der Waals surface area contributed by atoms with Crippen molar-refractivity contribution < 1.29 is 14.4 Å². The van der Waals surface area contributed by atoms with E-state index in [-0.39, 0.29) is 23.6 Å². The molecule has 0 saturated carbocycles. The van der Waals surface area contributed by atoms with E-state index in [0.717, 1.165) is 23.4 Å². The molecule has 1 aromatic carbocycles. The maximum Gasteiger partial charge on any atom is 0.263 e. The summed E-state index contributed by atoms with van der Waals surface area (Å²) in [5.41, 5.74) is 0.792.